The molecule has 0 saturated carbocycles. The van der Waals surface area contributed by atoms with Gasteiger partial charge in [-0.2, -0.15) is 0 Å². The minimum absolute atomic E-state index is 0.139. The molecule has 0 aliphatic rings. The fourth-order valence-electron chi connectivity index (χ4n) is 3.06. The molecule has 2 aromatic carbocycles. The molecule has 162 valence electrons. The van der Waals surface area contributed by atoms with E-state index in [1.54, 1.807) is 35.6 Å². The van der Waals surface area contributed by atoms with Crippen LogP contribution in [0.15, 0.2) is 77.3 Å². The number of rotatable bonds is 8. The minimum atomic E-state index is -0.144. The summed E-state index contributed by atoms with van der Waals surface area (Å²) < 4.78 is 2.04. The second kappa shape index (κ2) is 10.3. The van der Waals surface area contributed by atoms with Crippen LogP contribution in [0.25, 0.3) is 10.7 Å². The first-order chi connectivity index (χ1) is 15.6. The van der Waals surface area contributed by atoms with E-state index >= 15 is 0 Å². The van der Waals surface area contributed by atoms with Crippen molar-refractivity contribution < 1.29 is 9.59 Å². The number of hydrogen-bond donors (Lipinski definition) is 2. The zero-order valence-electron chi connectivity index (χ0n) is 17.3. The van der Waals surface area contributed by atoms with Gasteiger partial charge in [0.1, 0.15) is 0 Å². The highest BCUT2D eigenvalue weighted by Gasteiger charge is 2.17. The number of nitrogens with one attached hydrogen (secondary N) is 2. The van der Waals surface area contributed by atoms with Crippen LogP contribution in [0.5, 0.6) is 0 Å². The third-order valence-corrected chi connectivity index (χ3v) is 6.30. The number of carbonyl (C=O) groups is 2. The maximum absolute atomic E-state index is 12.5. The second-order valence-corrected chi connectivity index (χ2v) is 8.84. The highest BCUT2D eigenvalue weighted by molar-refractivity contribution is 7.99. The number of aromatic nitrogens is 3. The van der Waals surface area contributed by atoms with Gasteiger partial charge in [0.2, 0.25) is 11.8 Å². The van der Waals surface area contributed by atoms with Crippen LogP contribution in [-0.2, 0) is 16.1 Å². The van der Waals surface area contributed by atoms with E-state index in [9.17, 15) is 9.59 Å². The number of hydrogen-bond acceptors (Lipinski definition) is 6. The summed E-state index contributed by atoms with van der Waals surface area (Å²) in [6, 6.07) is 21.1. The molecule has 0 spiro atoms. The zero-order chi connectivity index (χ0) is 22.3. The quantitative estimate of drug-likeness (QED) is 0.368. The van der Waals surface area contributed by atoms with E-state index in [0.29, 0.717) is 23.1 Å². The molecule has 0 atom stereocenters. The van der Waals surface area contributed by atoms with Crippen LogP contribution in [0.4, 0.5) is 11.4 Å². The van der Waals surface area contributed by atoms with Gasteiger partial charge in [-0.3, -0.25) is 14.2 Å². The molecule has 4 aromatic rings. The maximum Gasteiger partial charge on any atom is 0.234 e. The van der Waals surface area contributed by atoms with Crippen LogP contribution in [0.3, 0.4) is 0 Å². The molecule has 2 heterocycles. The van der Waals surface area contributed by atoms with Crippen molar-refractivity contribution in [3.63, 3.8) is 0 Å². The van der Waals surface area contributed by atoms with E-state index in [-0.39, 0.29) is 17.6 Å². The molecule has 2 aromatic heterocycles. The molecule has 0 bridgehead atoms. The van der Waals surface area contributed by atoms with Gasteiger partial charge in [0.05, 0.1) is 17.2 Å². The van der Waals surface area contributed by atoms with Gasteiger partial charge in [-0.1, -0.05) is 48.2 Å². The number of thiophene rings is 1. The predicted molar refractivity (Wildman–Crippen MR) is 129 cm³/mol. The van der Waals surface area contributed by atoms with Crippen molar-refractivity contribution >= 4 is 46.3 Å². The highest BCUT2D eigenvalue weighted by atomic mass is 32.2. The van der Waals surface area contributed by atoms with Gasteiger partial charge >= 0.3 is 0 Å². The van der Waals surface area contributed by atoms with Crippen molar-refractivity contribution in [1.29, 1.82) is 0 Å². The lowest BCUT2D eigenvalue weighted by Crippen LogP contribution is -2.15. The molecule has 2 amide bonds. The molecule has 4 rings (SSSR count). The SMILES string of the molecule is CC(=O)Nc1ccc(NC(=O)CSc2nnc(-c3cccs3)n2Cc2ccccc2)cc1. The van der Waals surface area contributed by atoms with Crippen molar-refractivity contribution in [2.75, 3.05) is 16.4 Å². The largest absolute Gasteiger partial charge is 0.326 e. The Morgan fingerprint density at radius 3 is 2.31 bits per heavy atom. The molecule has 32 heavy (non-hydrogen) atoms. The third kappa shape index (κ3) is 5.63. The van der Waals surface area contributed by atoms with Crippen LogP contribution >= 0.6 is 23.1 Å². The van der Waals surface area contributed by atoms with E-state index < -0.39 is 0 Å². The van der Waals surface area contributed by atoms with Crippen LogP contribution < -0.4 is 10.6 Å². The summed E-state index contributed by atoms with van der Waals surface area (Å²) >= 11 is 2.96. The molecule has 7 nitrogen and oxygen atoms in total. The molecule has 2 N–H and O–H groups in total. The Morgan fingerprint density at radius 2 is 1.66 bits per heavy atom. The maximum atomic E-state index is 12.5. The molecule has 0 saturated heterocycles. The van der Waals surface area contributed by atoms with Crippen LogP contribution in [0.1, 0.15) is 12.5 Å². The van der Waals surface area contributed by atoms with Crippen molar-refractivity contribution in [2.45, 2.75) is 18.6 Å². The van der Waals surface area contributed by atoms with Crippen LogP contribution in [-0.4, -0.2) is 32.3 Å². The lowest BCUT2D eigenvalue weighted by molar-refractivity contribution is -0.114. The molecular formula is C23H21N5O2S2. The Morgan fingerprint density at radius 1 is 0.938 bits per heavy atom. The molecular weight excluding hydrogens is 442 g/mol. The van der Waals surface area contributed by atoms with Gasteiger partial charge in [0.15, 0.2) is 11.0 Å². The fourth-order valence-corrected chi connectivity index (χ4v) is 4.51. The number of benzene rings is 2. The predicted octanol–water partition coefficient (Wildman–Crippen LogP) is 4.74. The first kappa shape index (κ1) is 21.8. The molecule has 0 radical (unpaired) electrons. The lowest BCUT2D eigenvalue weighted by atomic mass is 10.2. The summed E-state index contributed by atoms with van der Waals surface area (Å²) in [6.45, 7) is 2.07. The molecule has 0 aliphatic carbocycles. The van der Waals surface area contributed by atoms with Gasteiger partial charge in [-0.25, -0.2) is 0 Å². The van der Waals surface area contributed by atoms with Crippen LogP contribution in [0.2, 0.25) is 0 Å². The number of anilines is 2. The lowest BCUT2D eigenvalue weighted by Gasteiger charge is -2.10. The summed E-state index contributed by atoms with van der Waals surface area (Å²) in [5.41, 5.74) is 2.48. The van der Waals surface area contributed by atoms with Crippen molar-refractivity contribution in [1.82, 2.24) is 14.8 Å². The van der Waals surface area contributed by atoms with Gasteiger partial charge in [-0.05, 0) is 41.3 Å². The van der Waals surface area contributed by atoms with Crippen molar-refractivity contribution in [2.24, 2.45) is 0 Å². The van der Waals surface area contributed by atoms with E-state index in [1.807, 2.05) is 40.3 Å². The average Bonchev–Trinajstić information content (AvgIpc) is 3.44. The monoisotopic (exact) mass is 463 g/mol. The Labute approximate surface area is 193 Å². The van der Waals surface area contributed by atoms with Crippen molar-refractivity contribution in [3.8, 4) is 10.7 Å². The first-order valence-electron chi connectivity index (χ1n) is 9.90. The summed E-state index contributed by atoms with van der Waals surface area (Å²) in [5, 5.41) is 17.0. The van der Waals surface area contributed by atoms with E-state index in [2.05, 4.69) is 33.0 Å². The van der Waals surface area contributed by atoms with Crippen molar-refractivity contribution in [3.05, 3.63) is 77.7 Å². The van der Waals surface area contributed by atoms with Gasteiger partial charge in [0.25, 0.3) is 0 Å². The summed E-state index contributed by atoms with van der Waals surface area (Å²) in [6.07, 6.45) is 0. The fraction of sp³-hybridized carbons (Fsp3) is 0.130. The topological polar surface area (TPSA) is 88.9 Å². The Hall–Kier alpha value is -3.43. The third-order valence-electron chi connectivity index (χ3n) is 4.46. The molecule has 0 aliphatic heterocycles. The first-order valence-corrected chi connectivity index (χ1v) is 11.8. The Balaban J connectivity index is 1.44. The summed E-state index contributed by atoms with van der Waals surface area (Å²) in [4.78, 5) is 24.6. The van der Waals surface area contributed by atoms with Gasteiger partial charge in [0, 0.05) is 18.3 Å². The number of nitrogens with zero attached hydrogens (tertiary/aromatic N) is 3. The molecule has 0 unspecified atom stereocenters. The average molecular weight is 464 g/mol. The normalized spacial score (nSPS) is 10.7. The van der Waals surface area contributed by atoms with E-state index in [1.165, 1.54) is 18.7 Å². The number of amides is 2. The number of thioether (sulfide) groups is 1. The highest BCUT2D eigenvalue weighted by Crippen LogP contribution is 2.28. The van der Waals surface area contributed by atoms with Crippen LogP contribution in [0, 0.1) is 0 Å². The number of carbonyl (C=O) groups excluding carboxylic acids is 2. The van der Waals surface area contributed by atoms with Gasteiger partial charge < -0.3 is 10.6 Å². The van der Waals surface area contributed by atoms with Gasteiger partial charge in [-0.15, -0.1) is 21.5 Å². The van der Waals surface area contributed by atoms with E-state index in [0.717, 1.165) is 16.3 Å². The Kier molecular flexibility index (Phi) is 6.98. The second-order valence-electron chi connectivity index (χ2n) is 6.95. The molecule has 0 fully saturated rings. The zero-order valence-corrected chi connectivity index (χ0v) is 19.0. The standard InChI is InChI=1S/C23H21N5O2S2/c1-16(29)24-18-9-11-19(12-10-18)25-21(30)15-32-23-27-26-22(20-8-5-13-31-20)28(23)14-17-6-3-2-4-7-17/h2-13H,14-15H2,1H3,(H,24,29)(H,25,30). The molecule has 9 heteroatoms. The summed E-state index contributed by atoms with van der Waals surface area (Å²) in [7, 11) is 0. The Bertz CT molecular complexity index is 1190. The smallest absolute Gasteiger partial charge is 0.234 e. The minimum Gasteiger partial charge on any atom is -0.326 e. The van der Waals surface area contributed by atoms with E-state index in [4.69, 9.17) is 0 Å². The summed E-state index contributed by atoms with van der Waals surface area (Å²) in [5.74, 6) is 0.708.